The van der Waals surface area contributed by atoms with E-state index in [0.717, 1.165) is 4.47 Å². The average molecular weight is 652 g/mol. The van der Waals surface area contributed by atoms with Gasteiger partial charge in [-0.3, -0.25) is 19.7 Å². The number of benzene rings is 4. The number of carbonyl (C=O) groups is 3. The first-order valence-corrected chi connectivity index (χ1v) is 13.3. The molecule has 0 fully saturated rings. The third-order valence-corrected chi connectivity index (χ3v) is 7.22. The van der Waals surface area contributed by atoms with Gasteiger partial charge in [0, 0.05) is 33.4 Å². The van der Waals surface area contributed by atoms with Crippen molar-refractivity contribution >= 4 is 60.9 Å². The van der Waals surface area contributed by atoms with Crippen LogP contribution in [0.4, 0.5) is 11.4 Å². The highest BCUT2D eigenvalue weighted by Gasteiger charge is 2.33. The molecule has 39 heavy (non-hydrogen) atoms. The molecule has 0 spiro atoms. The molecule has 0 heterocycles. The van der Waals surface area contributed by atoms with Gasteiger partial charge in [-0.15, -0.1) is 0 Å². The van der Waals surface area contributed by atoms with Gasteiger partial charge in [-0.1, -0.05) is 80.4 Å². The van der Waals surface area contributed by atoms with Crippen molar-refractivity contribution in [3.63, 3.8) is 0 Å². The van der Waals surface area contributed by atoms with Gasteiger partial charge in [-0.25, -0.2) is 4.79 Å². The number of esters is 1. The molecule has 8 nitrogen and oxygen atoms in total. The highest BCUT2D eigenvalue weighted by atomic mass is 79.9. The van der Waals surface area contributed by atoms with Crippen molar-refractivity contribution in [3.05, 3.63) is 140 Å². The van der Waals surface area contributed by atoms with Crippen LogP contribution in [0.2, 0.25) is 0 Å². The molecule has 0 saturated carbocycles. The van der Waals surface area contributed by atoms with Gasteiger partial charge in [0.25, 0.3) is 11.6 Å². The van der Waals surface area contributed by atoms with Gasteiger partial charge in [0.1, 0.15) is 0 Å². The van der Waals surface area contributed by atoms with Crippen LogP contribution in [0.5, 0.6) is 0 Å². The highest BCUT2D eigenvalue weighted by Crippen LogP contribution is 2.33. The Kier molecular flexibility index (Phi) is 9.00. The lowest BCUT2D eigenvalue weighted by atomic mass is 9.99. The summed E-state index contributed by atoms with van der Waals surface area (Å²) in [7, 11) is 0. The lowest BCUT2D eigenvalue weighted by Crippen LogP contribution is -2.31. The van der Waals surface area contributed by atoms with Crippen LogP contribution >= 0.6 is 31.9 Å². The zero-order valence-electron chi connectivity index (χ0n) is 20.1. The van der Waals surface area contributed by atoms with Crippen LogP contribution in [-0.4, -0.2) is 28.7 Å². The Bertz CT molecular complexity index is 1530. The molecule has 2 atom stereocenters. The van der Waals surface area contributed by atoms with Crippen LogP contribution in [0.1, 0.15) is 41.5 Å². The molecular formula is C29H20Br2N2O6. The van der Waals surface area contributed by atoms with Crippen LogP contribution in [0.25, 0.3) is 0 Å². The van der Waals surface area contributed by atoms with Gasteiger partial charge in [0.05, 0.1) is 15.3 Å². The molecule has 10 heteroatoms. The molecule has 1 amide bonds. The van der Waals surface area contributed by atoms with Gasteiger partial charge in [0.15, 0.2) is 6.10 Å². The Labute approximate surface area is 240 Å². The second kappa shape index (κ2) is 12.6. The van der Waals surface area contributed by atoms with Crippen LogP contribution in [0.3, 0.4) is 0 Å². The fourth-order valence-electron chi connectivity index (χ4n) is 3.71. The fraction of sp³-hybridized carbons (Fsp3) is 0.0690. The second-order valence-electron chi connectivity index (χ2n) is 8.35. The second-order valence-corrected chi connectivity index (χ2v) is 10.3. The summed E-state index contributed by atoms with van der Waals surface area (Å²) in [6.45, 7) is 0. The number of ether oxygens (including phenoxy) is 1. The van der Waals surface area contributed by atoms with E-state index in [0.29, 0.717) is 22.4 Å². The summed E-state index contributed by atoms with van der Waals surface area (Å²) in [4.78, 5) is 49.1. The van der Waals surface area contributed by atoms with Crippen molar-refractivity contribution in [3.8, 4) is 0 Å². The number of nitro benzene ring substituents is 1. The lowest BCUT2D eigenvalue weighted by Gasteiger charge is -2.22. The lowest BCUT2D eigenvalue weighted by molar-refractivity contribution is -0.384. The molecule has 0 unspecified atom stereocenters. The Hall–Kier alpha value is -4.15. The molecule has 0 bridgehead atoms. The Balaban J connectivity index is 1.59. The predicted molar refractivity (Wildman–Crippen MR) is 153 cm³/mol. The molecule has 0 aliphatic rings. The number of rotatable bonds is 9. The van der Waals surface area contributed by atoms with E-state index in [-0.39, 0.29) is 17.2 Å². The normalized spacial score (nSPS) is 12.2. The van der Waals surface area contributed by atoms with E-state index in [4.69, 9.17) is 4.74 Å². The van der Waals surface area contributed by atoms with Crippen LogP contribution < -0.4 is 5.32 Å². The minimum Gasteiger partial charge on any atom is -0.449 e. The van der Waals surface area contributed by atoms with Crippen molar-refractivity contribution in [2.24, 2.45) is 0 Å². The first-order chi connectivity index (χ1) is 18.7. The number of Topliss-reactive ketones (excluding diaryl/α,β-unsaturated/α-hetero) is 1. The van der Waals surface area contributed by atoms with Crippen LogP contribution in [-0.2, 0) is 4.74 Å². The maximum absolute atomic E-state index is 13.4. The van der Waals surface area contributed by atoms with E-state index < -0.39 is 27.6 Å². The first kappa shape index (κ1) is 27.9. The number of nitrogens with one attached hydrogen (secondary N) is 1. The van der Waals surface area contributed by atoms with Crippen LogP contribution in [0, 0.1) is 10.1 Å². The number of anilines is 1. The minimum absolute atomic E-state index is 0.105. The van der Waals surface area contributed by atoms with Gasteiger partial charge < -0.3 is 10.1 Å². The summed E-state index contributed by atoms with van der Waals surface area (Å²) in [6, 6.07) is 27.0. The molecule has 1 N–H and O–H groups in total. The largest absolute Gasteiger partial charge is 0.449 e. The van der Waals surface area contributed by atoms with E-state index in [1.807, 2.05) is 0 Å². The zero-order chi connectivity index (χ0) is 27.9. The van der Waals surface area contributed by atoms with Gasteiger partial charge in [-0.05, 0) is 48.0 Å². The SMILES string of the molecule is O=C(Nc1cccc(C(=O)O[C@H](C(=O)c2ccccc2)[C@H](Br)c2cccc([N+](=O)[O-])c2)c1)c1ccc(Br)cc1. The number of hydrogen-bond acceptors (Lipinski definition) is 6. The minimum atomic E-state index is -1.34. The van der Waals surface area contributed by atoms with Gasteiger partial charge in [-0.2, -0.15) is 0 Å². The first-order valence-electron chi connectivity index (χ1n) is 11.6. The summed E-state index contributed by atoms with van der Waals surface area (Å²) >= 11 is 6.76. The number of hydrogen-bond donors (Lipinski definition) is 1. The van der Waals surface area contributed by atoms with Crippen molar-refractivity contribution in [1.29, 1.82) is 0 Å². The number of ketones is 1. The number of nitro groups is 1. The van der Waals surface area contributed by atoms with Crippen LogP contribution in [0.15, 0.2) is 108 Å². The van der Waals surface area contributed by atoms with E-state index in [1.54, 1.807) is 72.8 Å². The van der Waals surface area contributed by atoms with Crippen molar-refractivity contribution in [1.82, 2.24) is 0 Å². The molecule has 0 aliphatic carbocycles. The van der Waals surface area contributed by atoms with Crippen molar-refractivity contribution in [2.75, 3.05) is 5.32 Å². The third-order valence-electron chi connectivity index (χ3n) is 5.68. The molecule has 0 aromatic heterocycles. The monoisotopic (exact) mass is 650 g/mol. The Morgan fingerprint density at radius 3 is 2.15 bits per heavy atom. The van der Waals surface area contributed by atoms with E-state index in [1.165, 1.54) is 30.3 Å². The third kappa shape index (κ3) is 7.04. The number of non-ortho nitro benzene ring substituents is 1. The maximum atomic E-state index is 13.4. The number of amides is 1. The molecule has 4 aromatic carbocycles. The molecule has 196 valence electrons. The molecule has 4 aromatic rings. The topological polar surface area (TPSA) is 116 Å². The molecule has 4 rings (SSSR count). The number of carbonyl (C=O) groups excluding carboxylic acids is 3. The Morgan fingerprint density at radius 1 is 0.795 bits per heavy atom. The van der Waals surface area contributed by atoms with E-state index in [2.05, 4.69) is 37.2 Å². The fourth-order valence-corrected chi connectivity index (χ4v) is 4.61. The average Bonchev–Trinajstić information content (AvgIpc) is 2.96. The van der Waals surface area contributed by atoms with E-state index >= 15 is 0 Å². The summed E-state index contributed by atoms with van der Waals surface area (Å²) < 4.78 is 6.54. The molecular weight excluding hydrogens is 632 g/mol. The molecule has 0 aliphatic heterocycles. The smallest absolute Gasteiger partial charge is 0.338 e. The summed E-state index contributed by atoms with van der Waals surface area (Å²) in [6.07, 6.45) is -1.34. The predicted octanol–water partition coefficient (Wildman–Crippen LogP) is 7.15. The highest BCUT2D eigenvalue weighted by molar-refractivity contribution is 9.10. The standard InChI is InChI=1S/C29H20Br2N2O6/c30-22-14-12-19(13-15-22)28(35)32-23-10-4-9-21(16-23)29(36)39-27(26(34)18-6-2-1-3-7-18)25(31)20-8-5-11-24(17-20)33(37)38/h1-17,25,27H,(H,32,35)/t25-,27+/m1/s1. The summed E-state index contributed by atoms with van der Waals surface area (Å²) in [5, 5.41) is 14.0. The van der Waals surface area contributed by atoms with Gasteiger partial charge >= 0.3 is 5.97 Å². The summed E-state index contributed by atoms with van der Waals surface area (Å²) in [5.41, 5.74) is 1.43. The van der Waals surface area contributed by atoms with E-state index in [9.17, 15) is 24.5 Å². The number of alkyl halides is 1. The number of nitrogens with zero attached hydrogens (tertiary/aromatic N) is 1. The molecule has 0 saturated heterocycles. The maximum Gasteiger partial charge on any atom is 0.338 e. The van der Waals surface area contributed by atoms with Crippen molar-refractivity contribution in [2.45, 2.75) is 10.9 Å². The Morgan fingerprint density at radius 2 is 1.46 bits per heavy atom. The van der Waals surface area contributed by atoms with Crippen molar-refractivity contribution < 1.29 is 24.0 Å². The number of halogens is 2. The molecule has 0 radical (unpaired) electrons. The quantitative estimate of drug-likeness (QED) is 0.0675. The summed E-state index contributed by atoms with van der Waals surface area (Å²) in [5.74, 6) is -1.66. The van der Waals surface area contributed by atoms with Gasteiger partial charge in [0.2, 0.25) is 5.78 Å². The zero-order valence-corrected chi connectivity index (χ0v) is 23.3.